The Morgan fingerprint density at radius 3 is 2.88 bits per heavy atom. The second kappa shape index (κ2) is 4.14. The van der Waals surface area contributed by atoms with Gasteiger partial charge in [-0.05, 0) is 12.1 Å². The molecule has 1 aliphatic rings. The second-order valence-electron chi connectivity index (χ2n) is 4.08. The Hall–Kier alpha value is -1.94. The number of carbonyl (C=O) groups excluding carboxylic acids is 1. The lowest BCUT2D eigenvalue weighted by Gasteiger charge is -2.26. The lowest BCUT2D eigenvalue weighted by molar-refractivity contribution is -0.00343. The van der Waals surface area contributed by atoms with Crippen LogP contribution in [0.25, 0.3) is 10.9 Å². The number of aromatic nitrogens is 1. The van der Waals surface area contributed by atoms with E-state index in [0.29, 0.717) is 18.8 Å². The van der Waals surface area contributed by atoms with Crippen molar-refractivity contribution >= 4 is 16.8 Å². The van der Waals surface area contributed by atoms with Gasteiger partial charge in [0.1, 0.15) is 0 Å². The summed E-state index contributed by atoms with van der Waals surface area (Å²) >= 11 is 0. The fourth-order valence-corrected chi connectivity index (χ4v) is 1.88. The molecule has 0 aliphatic carbocycles. The molecular formula is C13H12N2O2. The summed E-state index contributed by atoms with van der Waals surface area (Å²) in [6.07, 6.45) is 1.66. The van der Waals surface area contributed by atoms with Gasteiger partial charge in [0.15, 0.2) is 0 Å². The van der Waals surface area contributed by atoms with Gasteiger partial charge in [0.2, 0.25) is 0 Å². The van der Waals surface area contributed by atoms with E-state index >= 15 is 0 Å². The molecule has 1 fully saturated rings. The third-order valence-corrected chi connectivity index (χ3v) is 2.87. The van der Waals surface area contributed by atoms with Crippen molar-refractivity contribution in [2.75, 3.05) is 13.2 Å². The molecule has 2 heterocycles. The van der Waals surface area contributed by atoms with Crippen LogP contribution in [0.3, 0.4) is 0 Å². The Labute approximate surface area is 98.6 Å². The summed E-state index contributed by atoms with van der Waals surface area (Å²) in [6.45, 7) is 1.21. The molecule has 1 saturated heterocycles. The molecule has 0 saturated carbocycles. The molecule has 0 spiro atoms. The summed E-state index contributed by atoms with van der Waals surface area (Å²) in [4.78, 5) is 16.3. The van der Waals surface area contributed by atoms with E-state index in [2.05, 4.69) is 10.3 Å². The first-order valence-corrected chi connectivity index (χ1v) is 5.57. The molecule has 1 aliphatic heterocycles. The molecule has 0 radical (unpaired) electrons. The zero-order valence-corrected chi connectivity index (χ0v) is 9.22. The van der Waals surface area contributed by atoms with Crippen LogP contribution in [-0.4, -0.2) is 30.1 Å². The maximum atomic E-state index is 12.1. The van der Waals surface area contributed by atoms with Crippen LogP contribution < -0.4 is 5.32 Å². The van der Waals surface area contributed by atoms with Crippen molar-refractivity contribution in [3.8, 4) is 0 Å². The molecule has 1 aromatic carbocycles. The Bertz CT molecular complexity index is 559. The number of amides is 1. The first-order chi connectivity index (χ1) is 8.34. The van der Waals surface area contributed by atoms with Crippen LogP contribution in [0.2, 0.25) is 0 Å². The van der Waals surface area contributed by atoms with Crippen molar-refractivity contribution < 1.29 is 9.53 Å². The SMILES string of the molecule is O=C(NC1COC1)c1ccnc2ccccc12. The molecule has 86 valence electrons. The molecule has 3 rings (SSSR count). The summed E-state index contributed by atoms with van der Waals surface area (Å²) in [5.74, 6) is -0.0584. The number of hydrogen-bond donors (Lipinski definition) is 1. The van der Waals surface area contributed by atoms with Crippen molar-refractivity contribution in [1.82, 2.24) is 10.3 Å². The Morgan fingerprint density at radius 2 is 2.12 bits per heavy atom. The highest BCUT2D eigenvalue weighted by molar-refractivity contribution is 6.06. The lowest BCUT2D eigenvalue weighted by Crippen LogP contribution is -2.48. The number of para-hydroxylation sites is 1. The molecule has 0 atom stereocenters. The molecule has 4 heteroatoms. The number of benzene rings is 1. The van der Waals surface area contributed by atoms with Crippen molar-refractivity contribution in [1.29, 1.82) is 0 Å². The van der Waals surface area contributed by atoms with Gasteiger partial charge in [0, 0.05) is 11.6 Å². The molecule has 1 amide bonds. The summed E-state index contributed by atoms with van der Waals surface area (Å²) in [7, 11) is 0. The fraction of sp³-hybridized carbons (Fsp3) is 0.231. The first-order valence-electron chi connectivity index (χ1n) is 5.57. The molecular weight excluding hydrogens is 216 g/mol. The Balaban J connectivity index is 1.95. The summed E-state index contributed by atoms with van der Waals surface area (Å²) in [6, 6.07) is 9.53. The molecule has 0 unspecified atom stereocenters. The fourth-order valence-electron chi connectivity index (χ4n) is 1.88. The summed E-state index contributed by atoms with van der Waals surface area (Å²) in [5, 5.41) is 3.82. The molecule has 4 nitrogen and oxygen atoms in total. The predicted octanol–water partition coefficient (Wildman–Crippen LogP) is 1.36. The highest BCUT2D eigenvalue weighted by atomic mass is 16.5. The number of carbonyl (C=O) groups is 1. The minimum Gasteiger partial charge on any atom is -0.377 e. The summed E-state index contributed by atoms with van der Waals surface area (Å²) in [5.41, 5.74) is 1.51. The minimum absolute atomic E-state index is 0.0584. The Kier molecular flexibility index (Phi) is 2.49. The van der Waals surface area contributed by atoms with Crippen molar-refractivity contribution in [2.24, 2.45) is 0 Å². The van der Waals surface area contributed by atoms with Gasteiger partial charge < -0.3 is 10.1 Å². The van der Waals surface area contributed by atoms with Crippen LogP contribution >= 0.6 is 0 Å². The molecule has 2 aromatic rings. The van der Waals surface area contributed by atoms with Crippen LogP contribution in [-0.2, 0) is 4.74 Å². The largest absolute Gasteiger partial charge is 0.377 e. The number of nitrogens with zero attached hydrogens (tertiary/aromatic N) is 1. The predicted molar refractivity (Wildman–Crippen MR) is 63.8 cm³/mol. The van der Waals surface area contributed by atoms with E-state index in [0.717, 1.165) is 10.9 Å². The van der Waals surface area contributed by atoms with Gasteiger partial charge in [-0.15, -0.1) is 0 Å². The monoisotopic (exact) mass is 228 g/mol. The number of hydrogen-bond acceptors (Lipinski definition) is 3. The van der Waals surface area contributed by atoms with Crippen LogP contribution in [0.1, 0.15) is 10.4 Å². The average molecular weight is 228 g/mol. The number of rotatable bonds is 2. The van der Waals surface area contributed by atoms with Crippen LogP contribution in [0.5, 0.6) is 0 Å². The maximum Gasteiger partial charge on any atom is 0.252 e. The van der Waals surface area contributed by atoms with E-state index in [1.54, 1.807) is 12.3 Å². The van der Waals surface area contributed by atoms with Gasteiger partial charge in [0.05, 0.1) is 30.3 Å². The van der Waals surface area contributed by atoms with Crippen LogP contribution in [0.15, 0.2) is 36.5 Å². The highest BCUT2D eigenvalue weighted by Gasteiger charge is 2.21. The van der Waals surface area contributed by atoms with E-state index in [1.807, 2.05) is 24.3 Å². The van der Waals surface area contributed by atoms with Gasteiger partial charge in [-0.3, -0.25) is 9.78 Å². The van der Waals surface area contributed by atoms with E-state index < -0.39 is 0 Å². The van der Waals surface area contributed by atoms with Gasteiger partial charge in [-0.2, -0.15) is 0 Å². The van der Waals surface area contributed by atoms with Gasteiger partial charge in [0.25, 0.3) is 5.91 Å². The molecule has 0 bridgehead atoms. The standard InChI is InChI=1S/C13H12N2O2/c16-13(15-9-7-17-8-9)11-5-6-14-12-4-2-1-3-10(11)12/h1-6,9H,7-8H2,(H,15,16). The quantitative estimate of drug-likeness (QED) is 0.844. The summed E-state index contributed by atoms with van der Waals surface area (Å²) < 4.78 is 5.03. The van der Waals surface area contributed by atoms with Gasteiger partial charge >= 0.3 is 0 Å². The smallest absolute Gasteiger partial charge is 0.252 e. The van der Waals surface area contributed by atoms with Crippen LogP contribution in [0, 0.1) is 0 Å². The third-order valence-electron chi connectivity index (χ3n) is 2.87. The van der Waals surface area contributed by atoms with Gasteiger partial charge in [-0.1, -0.05) is 18.2 Å². The number of ether oxygens (including phenoxy) is 1. The molecule has 17 heavy (non-hydrogen) atoms. The zero-order chi connectivity index (χ0) is 11.7. The number of nitrogens with one attached hydrogen (secondary N) is 1. The van der Waals surface area contributed by atoms with Crippen molar-refractivity contribution in [2.45, 2.75) is 6.04 Å². The average Bonchev–Trinajstić information content (AvgIpc) is 2.33. The van der Waals surface area contributed by atoms with Gasteiger partial charge in [-0.25, -0.2) is 0 Å². The minimum atomic E-state index is -0.0584. The van der Waals surface area contributed by atoms with E-state index in [1.165, 1.54) is 0 Å². The third kappa shape index (κ3) is 1.87. The maximum absolute atomic E-state index is 12.1. The van der Waals surface area contributed by atoms with Crippen molar-refractivity contribution in [3.63, 3.8) is 0 Å². The van der Waals surface area contributed by atoms with Crippen molar-refractivity contribution in [3.05, 3.63) is 42.1 Å². The Morgan fingerprint density at radius 1 is 1.29 bits per heavy atom. The number of pyridine rings is 1. The topological polar surface area (TPSA) is 51.2 Å². The molecule has 1 N–H and O–H groups in total. The molecule has 1 aromatic heterocycles. The first kappa shape index (κ1) is 10.2. The number of fused-ring (bicyclic) bond motifs is 1. The van der Waals surface area contributed by atoms with E-state index in [-0.39, 0.29) is 11.9 Å². The van der Waals surface area contributed by atoms with E-state index in [4.69, 9.17) is 4.74 Å². The zero-order valence-electron chi connectivity index (χ0n) is 9.22. The van der Waals surface area contributed by atoms with Crippen LogP contribution in [0.4, 0.5) is 0 Å². The van der Waals surface area contributed by atoms with E-state index in [9.17, 15) is 4.79 Å². The lowest BCUT2D eigenvalue weighted by atomic mass is 10.1. The normalized spacial score (nSPS) is 15.5. The highest BCUT2D eigenvalue weighted by Crippen LogP contribution is 2.16. The second-order valence-corrected chi connectivity index (χ2v) is 4.08.